The van der Waals surface area contributed by atoms with E-state index in [-0.39, 0.29) is 12.5 Å². The number of aliphatic imine (C=N–C) groups is 1. The zero-order chi connectivity index (χ0) is 14.1. The van der Waals surface area contributed by atoms with Crippen LogP contribution in [0.5, 0.6) is 5.75 Å². The molecule has 20 heavy (non-hydrogen) atoms. The lowest BCUT2D eigenvalue weighted by Gasteiger charge is -2.08. The maximum atomic E-state index is 11.1. The average Bonchev–Trinajstić information content (AvgIpc) is 2.84. The second-order valence-electron chi connectivity index (χ2n) is 4.35. The Morgan fingerprint density at radius 3 is 2.90 bits per heavy atom. The SMILES string of the molecule is COc1ccc2nc(NC3=NCC(=O)N3)nc(C)c2c1. The van der Waals surface area contributed by atoms with Crippen molar-refractivity contribution >= 4 is 28.7 Å². The molecule has 1 amide bonds. The standard InChI is InChI=1S/C13H13N5O2/c1-7-9-5-8(20-2)3-4-10(9)16-13(15-7)18-12-14-6-11(19)17-12/h3-5H,6H2,1-2H3,(H2,14,15,16,17,18,19). The summed E-state index contributed by atoms with van der Waals surface area (Å²) in [5.74, 6) is 1.40. The van der Waals surface area contributed by atoms with E-state index in [1.54, 1.807) is 7.11 Å². The highest BCUT2D eigenvalue weighted by Gasteiger charge is 2.14. The first-order chi connectivity index (χ1) is 9.65. The largest absolute Gasteiger partial charge is 0.497 e. The molecule has 3 rings (SSSR count). The topological polar surface area (TPSA) is 88.5 Å². The number of rotatable bonds is 2. The van der Waals surface area contributed by atoms with Gasteiger partial charge in [-0.3, -0.25) is 15.4 Å². The van der Waals surface area contributed by atoms with Crippen LogP contribution in [0.25, 0.3) is 10.9 Å². The van der Waals surface area contributed by atoms with Crippen molar-refractivity contribution in [3.05, 3.63) is 23.9 Å². The van der Waals surface area contributed by atoms with E-state index in [1.165, 1.54) is 0 Å². The van der Waals surface area contributed by atoms with Crippen molar-refractivity contribution in [1.29, 1.82) is 0 Å². The van der Waals surface area contributed by atoms with Crippen LogP contribution in [0, 0.1) is 6.92 Å². The van der Waals surface area contributed by atoms with Crippen LogP contribution >= 0.6 is 0 Å². The molecule has 1 aromatic carbocycles. The third kappa shape index (κ3) is 2.25. The van der Waals surface area contributed by atoms with Gasteiger partial charge in [0.25, 0.3) is 0 Å². The Morgan fingerprint density at radius 2 is 2.20 bits per heavy atom. The van der Waals surface area contributed by atoms with Gasteiger partial charge in [-0.1, -0.05) is 0 Å². The molecule has 1 aromatic heterocycles. The predicted octanol–water partition coefficient (Wildman–Crippen LogP) is 0.845. The average molecular weight is 271 g/mol. The number of hydrogen-bond acceptors (Lipinski definition) is 6. The van der Waals surface area contributed by atoms with Gasteiger partial charge in [0.05, 0.1) is 18.3 Å². The second kappa shape index (κ2) is 4.76. The number of anilines is 1. The number of methoxy groups -OCH3 is 1. The molecule has 102 valence electrons. The van der Waals surface area contributed by atoms with E-state index in [0.717, 1.165) is 22.3 Å². The van der Waals surface area contributed by atoms with Crippen molar-refractivity contribution in [2.45, 2.75) is 6.92 Å². The third-order valence-electron chi connectivity index (χ3n) is 2.96. The fourth-order valence-corrected chi connectivity index (χ4v) is 1.98. The van der Waals surface area contributed by atoms with Crippen molar-refractivity contribution in [3.8, 4) is 5.75 Å². The highest BCUT2D eigenvalue weighted by atomic mass is 16.5. The lowest BCUT2D eigenvalue weighted by atomic mass is 10.2. The van der Waals surface area contributed by atoms with Crippen LogP contribution in [0.3, 0.4) is 0 Å². The summed E-state index contributed by atoms with van der Waals surface area (Å²) in [6.07, 6.45) is 0. The van der Waals surface area contributed by atoms with Crippen molar-refractivity contribution in [2.75, 3.05) is 19.0 Å². The quantitative estimate of drug-likeness (QED) is 0.845. The van der Waals surface area contributed by atoms with Crippen LogP contribution < -0.4 is 15.4 Å². The zero-order valence-electron chi connectivity index (χ0n) is 11.1. The molecule has 2 heterocycles. The molecule has 0 radical (unpaired) electrons. The van der Waals surface area contributed by atoms with Gasteiger partial charge in [0.15, 0.2) is 0 Å². The van der Waals surface area contributed by atoms with Crippen molar-refractivity contribution in [2.24, 2.45) is 4.99 Å². The Kier molecular flexibility index (Phi) is 2.94. The van der Waals surface area contributed by atoms with Gasteiger partial charge < -0.3 is 4.74 Å². The van der Waals surface area contributed by atoms with E-state index in [0.29, 0.717) is 11.9 Å². The van der Waals surface area contributed by atoms with Gasteiger partial charge in [0.2, 0.25) is 17.8 Å². The minimum atomic E-state index is -0.144. The van der Waals surface area contributed by atoms with Gasteiger partial charge in [-0.25, -0.2) is 15.0 Å². The van der Waals surface area contributed by atoms with Gasteiger partial charge >= 0.3 is 0 Å². The molecule has 0 bridgehead atoms. The zero-order valence-corrected chi connectivity index (χ0v) is 11.1. The summed E-state index contributed by atoms with van der Waals surface area (Å²) in [6.45, 7) is 2.02. The Balaban J connectivity index is 1.95. The summed E-state index contributed by atoms with van der Waals surface area (Å²) in [7, 11) is 1.62. The first-order valence-electron chi connectivity index (χ1n) is 6.09. The maximum Gasteiger partial charge on any atom is 0.248 e. The number of aromatic nitrogens is 2. The molecule has 0 unspecified atom stereocenters. The van der Waals surface area contributed by atoms with E-state index in [9.17, 15) is 4.79 Å². The minimum absolute atomic E-state index is 0.131. The van der Waals surface area contributed by atoms with E-state index in [4.69, 9.17) is 4.74 Å². The number of fused-ring (bicyclic) bond motifs is 1. The van der Waals surface area contributed by atoms with Crippen LogP contribution in [0.15, 0.2) is 23.2 Å². The number of aryl methyl sites for hydroxylation is 1. The van der Waals surface area contributed by atoms with E-state index >= 15 is 0 Å². The Hall–Kier alpha value is -2.70. The molecule has 2 aromatic rings. The number of benzene rings is 1. The lowest BCUT2D eigenvalue weighted by molar-refractivity contribution is -0.117. The third-order valence-corrected chi connectivity index (χ3v) is 2.96. The van der Waals surface area contributed by atoms with Crippen LogP contribution in [0.4, 0.5) is 5.95 Å². The van der Waals surface area contributed by atoms with Crippen LogP contribution in [0.1, 0.15) is 5.69 Å². The smallest absolute Gasteiger partial charge is 0.248 e. The number of nitrogens with zero attached hydrogens (tertiary/aromatic N) is 3. The van der Waals surface area contributed by atoms with Gasteiger partial charge in [-0.15, -0.1) is 0 Å². The van der Waals surface area contributed by atoms with Crippen molar-refractivity contribution < 1.29 is 9.53 Å². The Bertz CT molecular complexity index is 726. The second-order valence-corrected chi connectivity index (χ2v) is 4.35. The number of carbonyl (C=O) groups is 1. The molecule has 0 atom stereocenters. The fraction of sp³-hybridized carbons (Fsp3) is 0.231. The van der Waals surface area contributed by atoms with Gasteiger partial charge in [-0.05, 0) is 25.1 Å². The minimum Gasteiger partial charge on any atom is -0.497 e. The van der Waals surface area contributed by atoms with E-state index in [2.05, 4.69) is 25.6 Å². The number of carbonyl (C=O) groups excluding carboxylic acids is 1. The summed E-state index contributed by atoms with van der Waals surface area (Å²) in [4.78, 5) is 23.8. The van der Waals surface area contributed by atoms with Crippen molar-refractivity contribution in [3.63, 3.8) is 0 Å². The number of ether oxygens (including phenoxy) is 1. The summed E-state index contributed by atoms with van der Waals surface area (Å²) in [5.41, 5.74) is 1.62. The molecule has 0 saturated carbocycles. The molecule has 0 saturated heterocycles. The molecular formula is C13H13N5O2. The normalized spacial score (nSPS) is 14.1. The fourth-order valence-electron chi connectivity index (χ4n) is 1.98. The van der Waals surface area contributed by atoms with Gasteiger partial charge in [0.1, 0.15) is 12.3 Å². The van der Waals surface area contributed by atoms with Crippen LogP contribution in [-0.2, 0) is 4.79 Å². The first kappa shape index (κ1) is 12.3. The molecule has 0 spiro atoms. The van der Waals surface area contributed by atoms with Crippen molar-refractivity contribution in [1.82, 2.24) is 15.3 Å². The summed E-state index contributed by atoms with van der Waals surface area (Å²) in [6, 6.07) is 5.60. The molecule has 7 nitrogen and oxygen atoms in total. The number of hydrogen-bond donors (Lipinski definition) is 2. The van der Waals surface area contributed by atoms with Gasteiger partial charge in [-0.2, -0.15) is 0 Å². The molecule has 0 fully saturated rings. The summed E-state index contributed by atoms with van der Waals surface area (Å²) < 4.78 is 5.19. The molecule has 1 aliphatic rings. The molecule has 1 aliphatic heterocycles. The number of amides is 1. The predicted molar refractivity (Wildman–Crippen MR) is 74.9 cm³/mol. The number of nitrogens with one attached hydrogen (secondary N) is 2. The highest BCUT2D eigenvalue weighted by molar-refractivity contribution is 6.08. The summed E-state index contributed by atoms with van der Waals surface area (Å²) >= 11 is 0. The summed E-state index contributed by atoms with van der Waals surface area (Å²) in [5, 5.41) is 6.41. The number of guanidine groups is 1. The Morgan fingerprint density at radius 1 is 1.35 bits per heavy atom. The van der Waals surface area contributed by atoms with E-state index in [1.807, 2.05) is 25.1 Å². The molecular weight excluding hydrogens is 258 g/mol. The highest BCUT2D eigenvalue weighted by Crippen LogP contribution is 2.22. The van der Waals surface area contributed by atoms with Crippen LogP contribution in [0.2, 0.25) is 0 Å². The van der Waals surface area contributed by atoms with E-state index < -0.39 is 0 Å². The van der Waals surface area contributed by atoms with Crippen LogP contribution in [-0.4, -0.2) is 35.5 Å². The monoisotopic (exact) mass is 271 g/mol. The Labute approximate surface area is 115 Å². The van der Waals surface area contributed by atoms with Gasteiger partial charge in [0, 0.05) is 5.39 Å². The first-order valence-corrected chi connectivity index (χ1v) is 6.09. The molecule has 7 heteroatoms. The molecule has 2 N–H and O–H groups in total. The molecule has 0 aliphatic carbocycles. The lowest BCUT2D eigenvalue weighted by Crippen LogP contribution is -2.31. The maximum absolute atomic E-state index is 11.1.